The third kappa shape index (κ3) is 3.02. The highest BCUT2D eigenvalue weighted by Crippen LogP contribution is 2.09. The molecule has 0 aliphatic heterocycles. The summed E-state index contributed by atoms with van der Waals surface area (Å²) in [7, 11) is 0. The first kappa shape index (κ1) is 13.5. The minimum Gasteiger partial charge on any atom is -0.329 e. The number of benzene rings is 1. The molecule has 0 atom stereocenters. The van der Waals surface area contributed by atoms with Crippen LogP contribution in [0.5, 0.6) is 0 Å². The van der Waals surface area contributed by atoms with E-state index in [2.05, 4.69) is 58.0 Å². The Morgan fingerprint density at radius 1 is 1.14 bits per heavy atom. The van der Waals surface area contributed by atoms with E-state index in [9.17, 15) is 0 Å². The molecule has 0 aliphatic rings. The number of hydrogen-bond donors (Lipinski definition) is 0. The fourth-order valence-corrected chi connectivity index (χ4v) is 2.42. The molecule has 0 saturated heterocycles. The van der Waals surface area contributed by atoms with Gasteiger partial charge in [0.05, 0.1) is 19.3 Å². The maximum absolute atomic E-state index is 4.32. The summed E-state index contributed by atoms with van der Waals surface area (Å²) in [6.07, 6.45) is 6.74. The molecule has 0 amide bonds. The van der Waals surface area contributed by atoms with Gasteiger partial charge in [0.15, 0.2) is 0 Å². The fraction of sp³-hybridized carbons (Fsp3) is 0.312. The number of hydrogen-bond acceptors (Lipinski definition) is 3. The molecular formula is C16H19N5. The van der Waals surface area contributed by atoms with Crippen LogP contribution in [-0.4, -0.2) is 24.5 Å². The van der Waals surface area contributed by atoms with Gasteiger partial charge in [-0.3, -0.25) is 0 Å². The van der Waals surface area contributed by atoms with Crippen molar-refractivity contribution in [2.75, 3.05) is 0 Å². The smallest absolute Gasteiger partial charge is 0.108 e. The summed E-state index contributed by atoms with van der Waals surface area (Å²) >= 11 is 0. The Labute approximate surface area is 124 Å². The quantitative estimate of drug-likeness (QED) is 0.721. The van der Waals surface area contributed by atoms with E-state index in [1.165, 1.54) is 11.1 Å². The van der Waals surface area contributed by atoms with Gasteiger partial charge in [0.25, 0.3) is 0 Å². The highest BCUT2D eigenvalue weighted by Gasteiger charge is 2.06. The molecule has 0 spiro atoms. The second kappa shape index (κ2) is 5.91. The zero-order valence-corrected chi connectivity index (χ0v) is 12.4. The van der Waals surface area contributed by atoms with Crippen molar-refractivity contribution in [3.63, 3.8) is 0 Å². The molecule has 0 N–H and O–H groups in total. The average Bonchev–Trinajstić information content (AvgIpc) is 3.11. The van der Waals surface area contributed by atoms with Gasteiger partial charge in [-0.2, -0.15) is 0 Å². The molecule has 0 saturated carbocycles. The molecule has 108 valence electrons. The summed E-state index contributed by atoms with van der Waals surface area (Å²) in [6, 6.07) is 8.35. The molecule has 1 aromatic carbocycles. The summed E-state index contributed by atoms with van der Waals surface area (Å²) in [5.74, 6) is 1.07. The molecule has 0 unspecified atom stereocenters. The van der Waals surface area contributed by atoms with Crippen LogP contribution in [0.4, 0.5) is 0 Å². The van der Waals surface area contributed by atoms with Crippen molar-refractivity contribution in [1.82, 2.24) is 24.5 Å². The van der Waals surface area contributed by atoms with Crippen LogP contribution in [0.15, 0.2) is 42.9 Å². The summed E-state index contributed by atoms with van der Waals surface area (Å²) in [5, 5.41) is 8.48. The van der Waals surface area contributed by atoms with E-state index < -0.39 is 0 Å². The Morgan fingerprint density at radius 2 is 2.00 bits per heavy atom. The van der Waals surface area contributed by atoms with E-state index >= 15 is 0 Å². The second-order valence-electron chi connectivity index (χ2n) is 5.16. The van der Waals surface area contributed by atoms with Crippen LogP contribution >= 0.6 is 0 Å². The highest BCUT2D eigenvalue weighted by atomic mass is 15.4. The molecule has 3 aromatic rings. The van der Waals surface area contributed by atoms with Crippen molar-refractivity contribution in [2.45, 2.75) is 33.4 Å². The Kier molecular flexibility index (Phi) is 3.81. The zero-order valence-electron chi connectivity index (χ0n) is 12.4. The lowest BCUT2D eigenvalue weighted by Gasteiger charge is -2.04. The van der Waals surface area contributed by atoms with Crippen LogP contribution in [0, 0.1) is 6.92 Å². The molecule has 2 aromatic heterocycles. The number of imidazole rings is 1. The zero-order chi connectivity index (χ0) is 14.7. The van der Waals surface area contributed by atoms with Crippen molar-refractivity contribution in [2.24, 2.45) is 0 Å². The van der Waals surface area contributed by atoms with Crippen molar-refractivity contribution >= 4 is 0 Å². The standard InChI is InChI=1S/C16H19N5/c1-3-16-17-8-9-20(16)11-15-12-21(19-18-15)10-14-7-5-4-6-13(14)2/h4-9,12H,3,10-11H2,1-2H3. The van der Waals surface area contributed by atoms with Gasteiger partial charge >= 0.3 is 0 Å². The number of rotatable bonds is 5. The fourth-order valence-electron chi connectivity index (χ4n) is 2.42. The number of aromatic nitrogens is 5. The van der Waals surface area contributed by atoms with Crippen LogP contribution in [0.1, 0.15) is 29.6 Å². The molecule has 21 heavy (non-hydrogen) atoms. The number of aryl methyl sites for hydroxylation is 2. The summed E-state index contributed by atoms with van der Waals surface area (Å²) in [5.41, 5.74) is 3.50. The van der Waals surface area contributed by atoms with E-state index in [0.29, 0.717) is 0 Å². The lowest BCUT2D eigenvalue weighted by Crippen LogP contribution is -2.04. The van der Waals surface area contributed by atoms with Gasteiger partial charge in [-0.1, -0.05) is 36.4 Å². The third-order valence-electron chi connectivity index (χ3n) is 3.63. The van der Waals surface area contributed by atoms with Gasteiger partial charge in [-0.25, -0.2) is 9.67 Å². The van der Waals surface area contributed by atoms with Crippen LogP contribution < -0.4 is 0 Å². The molecule has 0 radical (unpaired) electrons. The maximum atomic E-state index is 4.32. The van der Waals surface area contributed by atoms with Crippen molar-refractivity contribution in [3.05, 3.63) is 65.5 Å². The van der Waals surface area contributed by atoms with Gasteiger partial charge in [-0.05, 0) is 18.1 Å². The highest BCUT2D eigenvalue weighted by molar-refractivity contribution is 5.25. The van der Waals surface area contributed by atoms with Crippen molar-refractivity contribution in [3.8, 4) is 0 Å². The van der Waals surface area contributed by atoms with E-state index in [4.69, 9.17) is 0 Å². The molecule has 3 rings (SSSR count). The lowest BCUT2D eigenvalue weighted by molar-refractivity contribution is 0.646. The van der Waals surface area contributed by atoms with E-state index in [1.807, 2.05) is 23.3 Å². The molecule has 0 aliphatic carbocycles. The van der Waals surface area contributed by atoms with E-state index in [1.54, 1.807) is 0 Å². The summed E-state index contributed by atoms with van der Waals surface area (Å²) in [4.78, 5) is 4.32. The van der Waals surface area contributed by atoms with Gasteiger partial charge in [-0.15, -0.1) is 5.10 Å². The predicted molar refractivity (Wildman–Crippen MR) is 81.0 cm³/mol. The Balaban J connectivity index is 1.73. The van der Waals surface area contributed by atoms with Gasteiger partial charge in [0.2, 0.25) is 0 Å². The first-order chi connectivity index (χ1) is 10.3. The van der Waals surface area contributed by atoms with Crippen LogP contribution in [-0.2, 0) is 19.5 Å². The Hall–Kier alpha value is -2.43. The molecular weight excluding hydrogens is 262 g/mol. The minimum atomic E-state index is 0.719. The van der Waals surface area contributed by atoms with Gasteiger partial charge in [0.1, 0.15) is 11.5 Å². The maximum Gasteiger partial charge on any atom is 0.108 e. The first-order valence-electron chi connectivity index (χ1n) is 7.19. The second-order valence-corrected chi connectivity index (χ2v) is 5.16. The van der Waals surface area contributed by atoms with E-state index in [0.717, 1.165) is 31.0 Å². The first-order valence-corrected chi connectivity index (χ1v) is 7.19. The van der Waals surface area contributed by atoms with Gasteiger partial charge in [0, 0.05) is 18.8 Å². The lowest BCUT2D eigenvalue weighted by atomic mass is 10.1. The van der Waals surface area contributed by atoms with Crippen molar-refractivity contribution in [1.29, 1.82) is 0 Å². The topological polar surface area (TPSA) is 48.5 Å². The van der Waals surface area contributed by atoms with Crippen LogP contribution in [0.2, 0.25) is 0 Å². The van der Waals surface area contributed by atoms with Gasteiger partial charge < -0.3 is 4.57 Å². The largest absolute Gasteiger partial charge is 0.329 e. The molecule has 0 bridgehead atoms. The third-order valence-corrected chi connectivity index (χ3v) is 3.63. The SMILES string of the molecule is CCc1nccn1Cc1cn(Cc2ccccc2C)nn1. The molecule has 2 heterocycles. The summed E-state index contributed by atoms with van der Waals surface area (Å²) < 4.78 is 4.00. The minimum absolute atomic E-state index is 0.719. The Bertz CT molecular complexity index is 726. The molecule has 5 nitrogen and oxygen atoms in total. The molecule has 5 heteroatoms. The van der Waals surface area contributed by atoms with Crippen LogP contribution in [0.3, 0.4) is 0 Å². The normalized spacial score (nSPS) is 11.0. The predicted octanol–water partition coefficient (Wildman–Crippen LogP) is 2.44. The van der Waals surface area contributed by atoms with Crippen LogP contribution in [0.25, 0.3) is 0 Å². The monoisotopic (exact) mass is 281 g/mol. The Morgan fingerprint density at radius 3 is 2.81 bits per heavy atom. The number of nitrogens with zero attached hydrogens (tertiary/aromatic N) is 5. The average molecular weight is 281 g/mol. The van der Waals surface area contributed by atoms with Crippen molar-refractivity contribution < 1.29 is 0 Å². The summed E-state index contributed by atoms with van der Waals surface area (Å²) in [6.45, 7) is 5.70. The van der Waals surface area contributed by atoms with E-state index in [-0.39, 0.29) is 0 Å². The molecule has 0 fully saturated rings.